The Bertz CT molecular complexity index is 735. The standard InChI is InChI=1S/C17H16FN3/c18-16-7-6-14(11-19)15(10-16)12-21-9-8-20-17(21)13-4-2-1-3-5-13/h1-10H,11-12,19H2. The molecule has 1 aromatic heterocycles. The van der Waals surface area contributed by atoms with E-state index in [0.717, 1.165) is 22.5 Å². The number of hydrogen-bond acceptors (Lipinski definition) is 2. The molecule has 0 spiro atoms. The van der Waals surface area contributed by atoms with Crippen molar-refractivity contribution in [2.45, 2.75) is 13.1 Å². The zero-order valence-corrected chi connectivity index (χ0v) is 11.5. The van der Waals surface area contributed by atoms with Crippen LogP contribution in [0.3, 0.4) is 0 Å². The summed E-state index contributed by atoms with van der Waals surface area (Å²) in [6, 6.07) is 14.7. The molecular weight excluding hydrogens is 265 g/mol. The predicted octanol–water partition coefficient (Wildman–Crippen LogP) is 3.20. The van der Waals surface area contributed by atoms with E-state index in [1.807, 2.05) is 41.1 Å². The highest BCUT2D eigenvalue weighted by atomic mass is 19.1. The van der Waals surface area contributed by atoms with Crippen molar-refractivity contribution in [3.05, 3.63) is 77.9 Å². The number of aromatic nitrogens is 2. The molecule has 0 aliphatic rings. The van der Waals surface area contributed by atoms with Crippen LogP contribution in [0.4, 0.5) is 4.39 Å². The second-order valence-corrected chi connectivity index (χ2v) is 4.86. The molecule has 0 unspecified atom stereocenters. The number of rotatable bonds is 4. The average Bonchev–Trinajstić information content (AvgIpc) is 2.96. The minimum Gasteiger partial charge on any atom is -0.327 e. The largest absolute Gasteiger partial charge is 0.327 e. The second-order valence-electron chi connectivity index (χ2n) is 4.86. The van der Waals surface area contributed by atoms with Crippen LogP contribution in [0.15, 0.2) is 60.9 Å². The van der Waals surface area contributed by atoms with Gasteiger partial charge >= 0.3 is 0 Å². The van der Waals surface area contributed by atoms with E-state index in [0.29, 0.717) is 13.1 Å². The van der Waals surface area contributed by atoms with Crippen LogP contribution in [0.1, 0.15) is 11.1 Å². The van der Waals surface area contributed by atoms with Gasteiger partial charge in [-0.2, -0.15) is 0 Å². The molecule has 106 valence electrons. The summed E-state index contributed by atoms with van der Waals surface area (Å²) in [7, 11) is 0. The van der Waals surface area contributed by atoms with Gasteiger partial charge in [-0.1, -0.05) is 36.4 Å². The monoisotopic (exact) mass is 281 g/mol. The Morgan fingerprint density at radius 1 is 1.05 bits per heavy atom. The summed E-state index contributed by atoms with van der Waals surface area (Å²) in [6.45, 7) is 0.944. The van der Waals surface area contributed by atoms with E-state index < -0.39 is 0 Å². The molecule has 2 N–H and O–H groups in total. The van der Waals surface area contributed by atoms with Gasteiger partial charge in [0.05, 0.1) is 0 Å². The SMILES string of the molecule is NCc1ccc(F)cc1Cn1ccnc1-c1ccccc1. The van der Waals surface area contributed by atoms with Crippen LogP contribution in [-0.4, -0.2) is 9.55 Å². The van der Waals surface area contributed by atoms with Crippen molar-refractivity contribution in [3.8, 4) is 11.4 Å². The molecule has 0 saturated heterocycles. The predicted molar refractivity (Wildman–Crippen MR) is 81.1 cm³/mol. The molecule has 0 fully saturated rings. The van der Waals surface area contributed by atoms with Gasteiger partial charge in [0.15, 0.2) is 0 Å². The Kier molecular flexibility index (Phi) is 3.79. The van der Waals surface area contributed by atoms with Gasteiger partial charge < -0.3 is 10.3 Å². The van der Waals surface area contributed by atoms with E-state index >= 15 is 0 Å². The Hall–Kier alpha value is -2.46. The zero-order chi connectivity index (χ0) is 14.7. The van der Waals surface area contributed by atoms with Crippen molar-refractivity contribution < 1.29 is 4.39 Å². The van der Waals surface area contributed by atoms with Crippen LogP contribution in [0.5, 0.6) is 0 Å². The van der Waals surface area contributed by atoms with Crippen molar-refractivity contribution in [2.75, 3.05) is 0 Å². The molecule has 3 aromatic rings. The van der Waals surface area contributed by atoms with E-state index in [4.69, 9.17) is 5.73 Å². The minimum atomic E-state index is -0.247. The normalized spacial score (nSPS) is 10.8. The van der Waals surface area contributed by atoms with Gasteiger partial charge in [0, 0.05) is 31.0 Å². The van der Waals surface area contributed by atoms with Crippen LogP contribution >= 0.6 is 0 Å². The average molecular weight is 281 g/mol. The first kappa shape index (κ1) is 13.5. The van der Waals surface area contributed by atoms with Crippen molar-refractivity contribution in [2.24, 2.45) is 5.73 Å². The van der Waals surface area contributed by atoms with Gasteiger partial charge in [-0.15, -0.1) is 0 Å². The fourth-order valence-corrected chi connectivity index (χ4v) is 2.41. The van der Waals surface area contributed by atoms with Gasteiger partial charge in [0.2, 0.25) is 0 Å². The van der Waals surface area contributed by atoms with Crippen molar-refractivity contribution in [1.29, 1.82) is 0 Å². The maximum Gasteiger partial charge on any atom is 0.140 e. The summed E-state index contributed by atoms with van der Waals surface area (Å²) in [5.41, 5.74) is 8.60. The van der Waals surface area contributed by atoms with E-state index in [1.165, 1.54) is 12.1 Å². The lowest BCUT2D eigenvalue weighted by Gasteiger charge is -2.11. The molecule has 0 aliphatic carbocycles. The molecule has 3 nitrogen and oxygen atoms in total. The smallest absolute Gasteiger partial charge is 0.140 e. The van der Waals surface area contributed by atoms with E-state index in [-0.39, 0.29) is 5.82 Å². The Morgan fingerprint density at radius 3 is 2.62 bits per heavy atom. The lowest BCUT2D eigenvalue weighted by Crippen LogP contribution is -2.07. The molecule has 1 heterocycles. The molecular formula is C17H16FN3. The molecule has 2 aromatic carbocycles. The summed E-state index contributed by atoms with van der Waals surface area (Å²) in [5, 5.41) is 0. The summed E-state index contributed by atoms with van der Waals surface area (Å²) < 4.78 is 15.5. The number of nitrogens with two attached hydrogens (primary N) is 1. The number of nitrogens with zero attached hydrogens (tertiary/aromatic N) is 2. The highest BCUT2D eigenvalue weighted by Crippen LogP contribution is 2.20. The third-order valence-corrected chi connectivity index (χ3v) is 3.48. The Labute approximate surface area is 122 Å². The number of halogens is 1. The first-order chi connectivity index (χ1) is 10.3. The highest BCUT2D eigenvalue weighted by molar-refractivity contribution is 5.55. The maximum absolute atomic E-state index is 13.5. The quantitative estimate of drug-likeness (QED) is 0.798. The van der Waals surface area contributed by atoms with Crippen LogP contribution in [0.2, 0.25) is 0 Å². The van der Waals surface area contributed by atoms with Gasteiger partial charge in [0.1, 0.15) is 11.6 Å². The molecule has 0 bridgehead atoms. The fraction of sp³-hybridized carbons (Fsp3) is 0.118. The van der Waals surface area contributed by atoms with Crippen LogP contribution in [-0.2, 0) is 13.1 Å². The molecule has 4 heteroatoms. The molecule has 0 atom stereocenters. The van der Waals surface area contributed by atoms with E-state index in [2.05, 4.69) is 4.98 Å². The zero-order valence-electron chi connectivity index (χ0n) is 11.5. The van der Waals surface area contributed by atoms with Crippen molar-refractivity contribution in [3.63, 3.8) is 0 Å². The molecule has 0 saturated carbocycles. The second kappa shape index (κ2) is 5.89. The summed E-state index contributed by atoms with van der Waals surface area (Å²) in [6.07, 6.45) is 3.65. The molecule has 0 amide bonds. The Balaban J connectivity index is 1.97. The number of imidazole rings is 1. The molecule has 3 rings (SSSR count). The molecule has 21 heavy (non-hydrogen) atoms. The Morgan fingerprint density at radius 2 is 1.86 bits per heavy atom. The molecule has 0 aliphatic heterocycles. The van der Waals surface area contributed by atoms with Gasteiger partial charge in [-0.3, -0.25) is 0 Å². The van der Waals surface area contributed by atoms with E-state index in [9.17, 15) is 4.39 Å². The highest BCUT2D eigenvalue weighted by Gasteiger charge is 2.09. The fourth-order valence-electron chi connectivity index (χ4n) is 2.41. The van der Waals surface area contributed by atoms with Crippen molar-refractivity contribution in [1.82, 2.24) is 9.55 Å². The third kappa shape index (κ3) is 2.85. The minimum absolute atomic E-state index is 0.247. The molecule has 0 radical (unpaired) electrons. The third-order valence-electron chi connectivity index (χ3n) is 3.48. The summed E-state index contributed by atoms with van der Waals surface area (Å²) in [4.78, 5) is 4.40. The van der Waals surface area contributed by atoms with Gasteiger partial charge in [-0.25, -0.2) is 9.37 Å². The summed E-state index contributed by atoms with van der Waals surface area (Å²) >= 11 is 0. The van der Waals surface area contributed by atoms with Crippen LogP contribution in [0, 0.1) is 5.82 Å². The van der Waals surface area contributed by atoms with Gasteiger partial charge in [-0.05, 0) is 23.3 Å². The number of hydrogen-bond donors (Lipinski definition) is 1. The van der Waals surface area contributed by atoms with Crippen molar-refractivity contribution >= 4 is 0 Å². The first-order valence-corrected chi connectivity index (χ1v) is 6.82. The van der Waals surface area contributed by atoms with E-state index in [1.54, 1.807) is 12.3 Å². The van der Waals surface area contributed by atoms with Crippen LogP contribution < -0.4 is 5.73 Å². The lowest BCUT2D eigenvalue weighted by molar-refractivity contribution is 0.622. The number of benzene rings is 2. The summed E-state index contributed by atoms with van der Waals surface area (Å²) in [5.74, 6) is 0.617. The maximum atomic E-state index is 13.5. The first-order valence-electron chi connectivity index (χ1n) is 6.82. The topological polar surface area (TPSA) is 43.8 Å². The van der Waals surface area contributed by atoms with Crippen LogP contribution in [0.25, 0.3) is 11.4 Å². The van der Waals surface area contributed by atoms with Gasteiger partial charge in [0.25, 0.3) is 0 Å². The lowest BCUT2D eigenvalue weighted by atomic mass is 10.1.